The minimum atomic E-state index is 0.362. The predicted octanol–water partition coefficient (Wildman–Crippen LogP) is 2.27. The van der Waals surface area contributed by atoms with Crippen molar-refractivity contribution in [2.24, 2.45) is 0 Å². The van der Waals surface area contributed by atoms with E-state index >= 15 is 0 Å². The van der Waals surface area contributed by atoms with Gasteiger partial charge in [-0.2, -0.15) is 0 Å². The van der Waals surface area contributed by atoms with Crippen LogP contribution in [0.25, 0.3) is 0 Å². The Morgan fingerprint density at radius 3 is 2.88 bits per heavy atom. The SMILES string of the molecule is CC1CCC(CN(C)c2cccc(N)c2)O1. The number of nitrogens with two attached hydrogens (primary N) is 1. The zero-order valence-electron chi connectivity index (χ0n) is 10.0. The third-order valence-electron chi connectivity index (χ3n) is 3.11. The minimum absolute atomic E-state index is 0.362. The number of hydrogen-bond acceptors (Lipinski definition) is 3. The molecule has 1 aromatic rings. The van der Waals surface area contributed by atoms with Gasteiger partial charge in [-0.05, 0) is 38.0 Å². The molecule has 1 aliphatic rings. The van der Waals surface area contributed by atoms with Crippen molar-refractivity contribution >= 4 is 11.4 Å². The Bertz CT molecular complexity index is 354. The van der Waals surface area contributed by atoms with Crippen LogP contribution in [0.2, 0.25) is 0 Å². The number of benzene rings is 1. The molecule has 1 heterocycles. The maximum absolute atomic E-state index is 5.81. The maximum Gasteiger partial charge on any atom is 0.0754 e. The van der Waals surface area contributed by atoms with Crippen LogP contribution in [0.4, 0.5) is 11.4 Å². The Labute approximate surface area is 97.2 Å². The summed E-state index contributed by atoms with van der Waals surface area (Å²) in [7, 11) is 2.08. The Hall–Kier alpha value is -1.22. The van der Waals surface area contributed by atoms with Gasteiger partial charge in [-0.15, -0.1) is 0 Å². The lowest BCUT2D eigenvalue weighted by molar-refractivity contribution is 0.0606. The molecule has 2 unspecified atom stereocenters. The molecule has 3 nitrogen and oxygen atoms in total. The van der Waals surface area contributed by atoms with Gasteiger partial charge in [0.1, 0.15) is 0 Å². The second-order valence-electron chi connectivity index (χ2n) is 4.62. The average Bonchev–Trinajstić information content (AvgIpc) is 2.64. The molecule has 1 fully saturated rings. The summed E-state index contributed by atoms with van der Waals surface area (Å²) in [6.45, 7) is 3.08. The minimum Gasteiger partial charge on any atom is -0.399 e. The highest BCUT2D eigenvalue weighted by molar-refractivity contribution is 5.55. The highest BCUT2D eigenvalue weighted by Crippen LogP contribution is 2.22. The zero-order valence-corrected chi connectivity index (χ0v) is 10.0. The lowest BCUT2D eigenvalue weighted by atomic mass is 10.2. The summed E-state index contributed by atoms with van der Waals surface area (Å²) in [4.78, 5) is 2.21. The molecule has 1 saturated heterocycles. The van der Waals surface area contributed by atoms with Crippen LogP contribution in [-0.4, -0.2) is 25.8 Å². The number of nitrogens with zero attached hydrogens (tertiary/aromatic N) is 1. The summed E-state index contributed by atoms with van der Waals surface area (Å²) >= 11 is 0. The number of anilines is 2. The van der Waals surface area contributed by atoms with E-state index in [1.807, 2.05) is 18.2 Å². The van der Waals surface area contributed by atoms with Crippen molar-refractivity contribution in [3.05, 3.63) is 24.3 Å². The van der Waals surface area contributed by atoms with E-state index in [4.69, 9.17) is 10.5 Å². The van der Waals surface area contributed by atoms with Crippen LogP contribution in [0.5, 0.6) is 0 Å². The van der Waals surface area contributed by atoms with E-state index in [1.165, 1.54) is 6.42 Å². The normalized spacial score (nSPS) is 24.6. The summed E-state index contributed by atoms with van der Waals surface area (Å²) < 4.78 is 5.81. The smallest absolute Gasteiger partial charge is 0.0754 e. The second-order valence-corrected chi connectivity index (χ2v) is 4.62. The highest BCUT2D eigenvalue weighted by atomic mass is 16.5. The summed E-state index contributed by atoms with van der Waals surface area (Å²) in [5.41, 5.74) is 7.73. The van der Waals surface area contributed by atoms with Crippen molar-refractivity contribution in [2.45, 2.75) is 32.0 Å². The van der Waals surface area contributed by atoms with Gasteiger partial charge in [0, 0.05) is 25.0 Å². The van der Waals surface area contributed by atoms with Gasteiger partial charge in [0.25, 0.3) is 0 Å². The first-order chi connectivity index (χ1) is 7.65. The van der Waals surface area contributed by atoms with E-state index in [1.54, 1.807) is 0 Å². The van der Waals surface area contributed by atoms with Crippen molar-refractivity contribution < 1.29 is 4.74 Å². The van der Waals surface area contributed by atoms with Crippen molar-refractivity contribution in [2.75, 3.05) is 24.2 Å². The lowest BCUT2D eigenvalue weighted by Gasteiger charge is -2.23. The van der Waals surface area contributed by atoms with Crippen LogP contribution in [0.15, 0.2) is 24.3 Å². The van der Waals surface area contributed by atoms with Crippen LogP contribution in [0.1, 0.15) is 19.8 Å². The van der Waals surface area contributed by atoms with E-state index in [-0.39, 0.29) is 0 Å². The number of ether oxygens (including phenoxy) is 1. The van der Waals surface area contributed by atoms with E-state index in [0.29, 0.717) is 12.2 Å². The fraction of sp³-hybridized carbons (Fsp3) is 0.538. The largest absolute Gasteiger partial charge is 0.399 e. The Morgan fingerprint density at radius 1 is 1.44 bits per heavy atom. The Morgan fingerprint density at radius 2 is 2.25 bits per heavy atom. The van der Waals surface area contributed by atoms with Gasteiger partial charge in [-0.25, -0.2) is 0 Å². The average molecular weight is 220 g/mol. The molecule has 88 valence electrons. The fourth-order valence-electron chi connectivity index (χ4n) is 2.19. The van der Waals surface area contributed by atoms with E-state index in [2.05, 4.69) is 24.9 Å². The highest BCUT2D eigenvalue weighted by Gasteiger charge is 2.22. The quantitative estimate of drug-likeness (QED) is 0.794. The third-order valence-corrected chi connectivity index (χ3v) is 3.11. The van der Waals surface area contributed by atoms with Gasteiger partial charge >= 0.3 is 0 Å². The van der Waals surface area contributed by atoms with Gasteiger partial charge in [-0.3, -0.25) is 0 Å². The third kappa shape index (κ3) is 2.67. The molecule has 0 aromatic heterocycles. The molecular weight excluding hydrogens is 200 g/mol. The number of rotatable bonds is 3. The van der Waals surface area contributed by atoms with Crippen molar-refractivity contribution in [3.8, 4) is 0 Å². The standard InChI is InChI=1S/C13H20N2O/c1-10-6-7-13(16-10)9-15(2)12-5-3-4-11(14)8-12/h3-5,8,10,13H,6-7,9,14H2,1-2H3. The van der Waals surface area contributed by atoms with Crippen LogP contribution in [0, 0.1) is 0 Å². The van der Waals surface area contributed by atoms with E-state index in [9.17, 15) is 0 Å². The van der Waals surface area contributed by atoms with Gasteiger partial charge in [-0.1, -0.05) is 6.07 Å². The summed E-state index contributed by atoms with van der Waals surface area (Å²) in [6.07, 6.45) is 3.11. The molecule has 0 amide bonds. The molecule has 2 atom stereocenters. The summed E-state index contributed by atoms with van der Waals surface area (Å²) in [6, 6.07) is 7.97. The molecule has 2 N–H and O–H groups in total. The summed E-state index contributed by atoms with van der Waals surface area (Å²) in [5, 5.41) is 0. The number of nitrogen functional groups attached to an aromatic ring is 1. The molecule has 0 bridgehead atoms. The molecule has 1 aliphatic heterocycles. The maximum atomic E-state index is 5.81. The van der Waals surface area contributed by atoms with Crippen LogP contribution < -0.4 is 10.6 Å². The molecule has 0 radical (unpaired) electrons. The van der Waals surface area contributed by atoms with Crippen LogP contribution in [0.3, 0.4) is 0 Å². The number of likely N-dealkylation sites (N-methyl/N-ethyl adjacent to an activating group) is 1. The van der Waals surface area contributed by atoms with Gasteiger partial charge in [0.2, 0.25) is 0 Å². The van der Waals surface area contributed by atoms with Gasteiger partial charge < -0.3 is 15.4 Å². The Kier molecular flexibility index (Phi) is 3.34. The van der Waals surface area contributed by atoms with Gasteiger partial charge in [0.05, 0.1) is 12.2 Å². The van der Waals surface area contributed by atoms with E-state index in [0.717, 1.165) is 24.3 Å². The first kappa shape index (κ1) is 11.3. The lowest BCUT2D eigenvalue weighted by Crippen LogP contribution is -2.29. The first-order valence-corrected chi connectivity index (χ1v) is 5.87. The molecule has 1 aromatic carbocycles. The topological polar surface area (TPSA) is 38.5 Å². The molecule has 0 spiro atoms. The fourth-order valence-corrected chi connectivity index (χ4v) is 2.19. The molecular formula is C13H20N2O. The molecule has 16 heavy (non-hydrogen) atoms. The monoisotopic (exact) mass is 220 g/mol. The van der Waals surface area contributed by atoms with Crippen molar-refractivity contribution in [1.29, 1.82) is 0 Å². The van der Waals surface area contributed by atoms with Gasteiger partial charge in [0.15, 0.2) is 0 Å². The Balaban J connectivity index is 1.95. The van der Waals surface area contributed by atoms with E-state index < -0.39 is 0 Å². The molecule has 0 saturated carbocycles. The van der Waals surface area contributed by atoms with Crippen molar-refractivity contribution in [1.82, 2.24) is 0 Å². The summed E-state index contributed by atoms with van der Waals surface area (Å²) in [5.74, 6) is 0. The molecule has 2 rings (SSSR count). The van der Waals surface area contributed by atoms with Crippen molar-refractivity contribution in [3.63, 3.8) is 0 Å². The second kappa shape index (κ2) is 4.74. The first-order valence-electron chi connectivity index (χ1n) is 5.87. The number of hydrogen-bond donors (Lipinski definition) is 1. The molecule has 0 aliphatic carbocycles. The van der Waals surface area contributed by atoms with Crippen LogP contribution in [-0.2, 0) is 4.74 Å². The zero-order chi connectivity index (χ0) is 11.5. The molecule has 3 heteroatoms. The van der Waals surface area contributed by atoms with Crippen LogP contribution >= 0.6 is 0 Å². The predicted molar refractivity (Wildman–Crippen MR) is 67.7 cm³/mol.